The molecule has 0 radical (unpaired) electrons. The van der Waals surface area contributed by atoms with Gasteiger partial charge in [-0.05, 0) is 37.8 Å². The summed E-state index contributed by atoms with van der Waals surface area (Å²) in [5, 5.41) is 12.6. The number of nitrogens with zero attached hydrogens (tertiary/aromatic N) is 1. The first-order valence-corrected chi connectivity index (χ1v) is 12.2. The summed E-state index contributed by atoms with van der Waals surface area (Å²) in [4.78, 5) is 39.6. The highest BCUT2D eigenvalue weighted by Gasteiger charge is 2.35. The molecular formula is C23H33ClN2O5S. The average Bonchev–Trinajstić information content (AvgIpc) is 2.89. The Balaban J connectivity index is 0.00000363. The van der Waals surface area contributed by atoms with Crippen molar-refractivity contribution in [2.45, 2.75) is 68.8 Å². The van der Waals surface area contributed by atoms with E-state index in [1.54, 1.807) is 19.1 Å². The summed E-state index contributed by atoms with van der Waals surface area (Å²) in [6, 6.07) is 6.06. The molecule has 1 aromatic carbocycles. The maximum absolute atomic E-state index is 13.3. The molecule has 2 atom stereocenters. The number of benzene rings is 1. The average molecular weight is 485 g/mol. The van der Waals surface area contributed by atoms with Gasteiger partial charge in [-0.3, -0.25) is 24.6 Å². The number of carboxylic acids is 1. The Labute approximate surface area is 200 Å². The number of fused-ring (bicyclic) bond motifs is 1. The minimum Gasteiger partial charge on any atom is -0.480 e. The number of rotatable bonds is 9. The van der Waals surface area contributed by atoms with Gasteiger partial charge in [-0.25, -0.2) is 0 Å². The Bertz CT molecular complexity index is 787. The third-order valence-electron chi connectivity index (χ3n) is 5.98. The van der Waals surface area contributed by atoms with Crippen molar-refractivity contribution in [2.75, 3.05) is 23.8 Å². The zero-order valence-corrected chi connectivity index (χ0v) is 20.1. The minimum absolute atomic E-state index is 0. The van der Waals surface area contributed by atoms with Crippen LogP contribution in [-0.4, -0.2) is 53.9 Å². The number of para-hydroxylation sites is 1. The van der Waals surface area contributed by atoms with Gasteiger partial charge in [-0.1, -0.05) is 44.2 Å². The van der Waals surface area contributed by atoms with E-state index in [0.29, 0.717) is 23.8 Å². The summed E-state index contributed by atoms with van der Waals surface area (Å²) in [6.45, 7) is 1.64. The number of anilines is 1. The lowest BCUT2D eigenvalue weighted by atomic mass is 9.85. The minimum atomic E-state index is -1.08. The Kier molecular flexibility index (Phi) is 10.8. The lowest BCUT2D eigenvalue weighted by Gasteiger charge is -2.28. The molecule has 1 aliphatic carbocycles. The van der Waals surface area contributed by atoms with Crippen LogP contribution in [0.3, 0.4) is 0 Å². The molecule has 1 unspecified atom stereocenters. The number of carbonyl (C=O) groups is 3. The molecule has 1 fully saturated rings. The highest BCUT2D eigenvalue weighted by Crippen LogP contribution is 2.34. The van der Waals surface area contributed by atoms with E-state index in [-0.39, 0.29) is 30.9 Å². The largest absolute Gasteiger partial charge is 0.480 e. The fourth-order valence-electron chi connectivity index (χ4n) is 4.40. The summed E-state index contributed by atoms with van der Waals surface area (Å²) in [5.41, 5.74) is 0.596. The van der Waals surface area contributed by atoms with Gasteiger partial charge in [0.2, 0.25) is 5.91 Å². The third-order valence-corrected chi connectivity index (χ3v) is 7.14. The van der Waals surface area contributed by atoms with Crippen molar-refractivity contribution in [1.29, 1.82) is 0 Å². The third kappa shape index (κ3) is 7.12. The van der Waals surface area contributed by atoms with Gasteiger partial charge in [0.15, 0.2) is 0 Å². The fraction of sp³-hybridized carbons (Fsp3) is 0.609. The van der Waals surface area contributed by atoms with Crippen molar-refractivity contribution in [3.8, 4) is 0 Å². The standard InChI is InChI=1S/C23H32N2O5S.ClH/c1-2-30-23(29)17(13-12-16-8-4-3-5-9-16)24-18-15-31-20-11-7-6-10-19(20)25(22(18)28)14-21(26)27;/h6-7,10-11,16-18,24H,2-5,8-9,12-15H2,1H3,(H,26,27);1H/t17-,18?;/m1./s1. The SMILES string of the molecule is CCOC(=O)[C@@H](CCC1CCCCC1)NC1CSc2ccccc2N(CC(=O)O)C1=O.Cl. The lowest BCUT2D eigenvalue weighted by Crippen LogP contribution is -2.54. The molecule has 7 nitrogen and oxygen atoms in total. The van der Waals surface area contributed by atoms with E-state index in [1.165, 1.54) is 48.8 Å². The normalized spacial score (nSPS) is 20.0. The molecule has 0 bridgehead atoms. The number of esters is 1. The summed E-state index contributed by atoms with van der Waals surface area (Å²) in [5.74, 6) is -0.715. The number of nitrogens with one attached hydrogen (secondary N) is 1. The molecule has 0 aromatic heterocycles. The van der Waals surface area contributed by atoms with E-state index in [0.717, 1.165) is 11.3 Å². The van der Waals surface area contributed by atoms with Crippen molar-refractivity contribution in [2.24, 2.45) is 5.92 Å². The molecule has 0 saturated heterocycles. The van der Waals surface area contributed by atoms with Crippen LogP contribution >= 0.6 is 24.2 Å². The first-order chi connectivity index (χ1) is 15.0. The predicted molar refractivity (Wildman–Crippen MR) is 128 cm³/mol. The van der Waals surface area contributed by atoms with Crippen LogP contribution in [0.2, 0.25) is 0 Å². The van der Waals surface area contributed by atoms with E-state index in [1.807, 2.05) is 12.1 Å². The summed E-state index contributed by atoms with van der Waals surface area (Å²) < 4.78 is 5.28. The molecule has 1 saturated carbocycles. The number of thioether (sulfide) groups is 1. The topological polar surface area (TPSA) is 95.9 Å². The van der Waals surface area contributed by atoms with Gasteiger partial charge in [0.1, 0.15) is 12.6 Å². The molecular weight excluding hydrogens is 452 g/mol. The maximum atomic E-state index is 13.3. The summed E-state index contributed by atoms with van der Waals surface area (Å²) in [7, 11) is 0. The van der Waals surface area contributed by atoms with E-state index in [9.17, 15) is 19.5 Å². The molecule has 1 heterocycles. The second-order valence-corrected chi connectivity index (χ2v) is 9.26. The van der Waals surface area contributed by atoms with Crippen LogP contribution in [0.25, 0.3) is 0 Å². The summed E-state index contributed by atoms with van der Waals surface area (Å²) >= 11 is 1.50. The zero-order chi connectivity index (χ0) is 22.2. The van der Waals surface area contributed by atoms with Crippen LogP contribution in [0, 0.1) is 5.92 Å². The Morgan fingerprint density at radius 2 is 1.97 bits per heavy atom. The van der Waals surface area contributed by atoms with E-state index in [4.69, 9.17) is 4.74 Å². The number of carboxylic acid groups (broad SMARTS) is 1. The van der Waals surface area contributed by atoms with Gasteiger partial charge in [0, 0.05) is 10.6 Å². The predicted octanol–water partition coefficient (Wildman–Crippen LogP) is 3.88. The Hall–Kier alpha value is -1.77. The van der Waals surface area contributed by atoms with Gasteiger partial charge in [0.25, 0.3) is 0 Å². The number of amides is 1. The van der Waals surface area contributed by atoms with E-state index < -0.39 is 24.6 Å². The van der Waals surface area contributed by atoms with Crippen LogP contribution in [0.15, 0.2) is 29.2 Å². The van der Waals surface area contributed by atoms with E-state index in [2.05, 4.69) is 5.32 Å². The van der Waals surface area contributed by atoms with Crippen LogP contribution in [0.5, 0.6) is 0 Å². The number of ether oxygens (including phenoxy) is 1. The monoisotopic (exact) mass is 484 g/mol. The first-order valence-electron chi connectivity index (χ1n) is 11.2. The quantitative estimate of drug-likeness (QED) is 0.513. The van der Waals surface area contributed by atoms with Crippen LogP contribution in [0.4, 0.5) is 5.69 Å². The van der Waals surface area contributed by atoms with Crippen molar-refractivity contribution in [1.82, 2.24) is 5.32 Å². The molecule has 3 rings (SSSR count). The molecule has 2 N–H and O–H groups in total. The molecule has 32 heavy (non-hydrogen) atoms. The number of hydrogen-bond donors (Lipinski definition) is 2. The molecule has 1 aliphatic heterocycles. The van der Waals surface area contributed by atoms with Crippen LogP contribution < -0.4 is 10.2 Å². The highest BCUT2D eigenvalue weighted by molar-refractivity contribution is 7.99. The van der Waals surface area contributed by atoms with Gasteiger partial charge >= 0.3 is 11.9 Å². The Morgan fingerprint density at radius 1 is 1.25 bits per heavy atom. The van der Waals surface area contributed by atoms with Gasteiger partial charge in [-0.2, -0.15) is 0 Å². The molecule has 2 aliphatic rings. The molecule has 1 amide bonds. The first kappa shape index (κ1) is 26.5. The van der Waals surface area contributed by atoms with Crippen molar-refractivity contribution >= 4 is 47.7 Å². The fourth-order valence-corrected chi connectivity index (χ4v) is 5.49. The van der Waals surface area contributed by atoms with Gasteiger partial charge in [-0.15, -0.1) is 24.2 Å². The van der Waals surface area contributed by atoms with Crippen LogP contribution in [0.1, 0.15) is 51.9 Å². The number of halogens is 1. The molecule has 9 heteroatoms. The lowest BCUT2D eigenvalue weighted by molar-refractivity contribution is -0.146. The van der Waals surface area contributed by atoms with Crippen molar-refractivity contribution in [3.05, 3.63) is 24.3 Å². The van der Waals surface area contributed by atoms with Crippen molar-refractivity contribution in [3.63, 3.8) is 0 Å². The highest BCUT2D eigenvalue weighted by atomic mass is 35.5. The van der Waals surface area contributed by atoms with Crippen molar-refractivity contribution < 1.29 is 24.2 Å². The smallest absolute Gasteiger partial charge is 0.323 e. The summed E-state index contributed by atoms with van der Waals surface area (Å²) in [6.07, 6.45) is 7.67. The second-order valence-electron chi connectivity index (χ2n) is 8.20. The van der Waals surface area contributed by atoms with Gasteiger partial charge < -0.3 is 9.84 Å². The van der Waals surface area contributed by atoms with Gasteiger partial charge in [0.05, 0.1) is 18.3 Å². The van der Waals surface area contributed by atoms with E-state index >= 15 is 0 Å². The Morgan fingerprint density at radius 3 is 2.66 bits per heavy atom. The maximum Gasteiger partial charge on any atom is 0.323 e. The number of aliphatic carboxylic acids is 1. The molecule has 1 aromatic rings. The number of hydrogen-bond acceptors (Lipinski definition) is 6. The molecule has 0 spiro atoms. The number of carbonyl (C=O) groups excluding carboxylic acids is 2. The second kappa shape index (κ2) is 13.1. The zero-order valence-electron chi connectivity index (χ0n) is 18.5. The molecule has 178 valence electrons. The van der Waals surface area contributed by atoms with Crippen LogP contribution in [-0.2, 0) is 19.1 Å².